The molecule has 2 aliphatic heterocycles. The monoisotopic (exact) mass is 405 g/mol. The van der Waals surface area contributed by atoms with E-state index in [1.165, 1.54) is 12.8 Å². The minimum Gasteiger partial charge on any atom is -0.355 e. The lowest BCUT2D eigenvalue weighted by Gasteiger charge is -2.27. The maximum absolute atomic E-state index is 9.15. The molecule has 1 aromatic carbocycles. The van der Waals surface area contributed by atoms with Crippen LogP contribution in [0, 0.1) is 11.3 Å². The van der Waals surface area contributed by atoms with E-state index in [9.17, 15) is 0 Å². The summed E-state index contributed by atoms with van der Waals surface area (Å²) in [7, 11) is 0. The summed E-state index contributed by atoms with van der Waals surface area (Å²) in [6.45, 7) is 6.38. The van der Waals surface area contributed by atoms with E-state index in [0.717, 1.165) is 62.6 Å². The van der Waals surface area contributed by atoms with Crippen LogP contribution in [0.4, 0.5) is 17.5 Å². The molecule has 30 heavy (non-hydrogen) atoms. The highest BCUT2D eigenvalue weighted by Gasteiger charge is 2.26. The Morgan fingerprint density at radius 1 is 1.17 bits per heavy atom. The number of anilines is 3. The van der Waals surface area contributed by atoms with E-state index in [0.29, 0.717) is 23.6 Å². The van der Waals surface area contributed by atoms with Crippen molar-refractivity contribution in [1.29, 1.82) is 5.26 Å². The van der Waals surface area contributed by atoms with Crippen LogP contribution in [0.1, 0.15) is 43.9 Å². The van der Waals surface area contributed by atoms with Crippen LogP contribution >= 0.6 is 0 Å². The molecule has 0 spiro atoms. The molecular formula is C23H31N7. The molecule has 3 heterocycles. The lowest BCUT2D eigenvalue weighted by Crippen LogP contribution is -2.45. The van der Waals surface area contributed by atoms with Crippen LogP contribution in [-0.2, 0) is 6.42 Å². The van der Waals surface area contributed by atoms with Crippen molar-refractivity contribution in [2.75, 3.05) is 36.4 Å². The smallest absolute Gasteiger partial charge is 0.229 e. The Hall–Kier alpha value is -2.69. The van der Waals surface area contributed by atoms with Crippen LogP contribution in [-0.4, -0.2) is 48.2 Å². The summed E-state index contributed by atoms with van der Waals surface area (Å²) in [5, 5.41) is 19.7. The van der Waals surface area contributed by atoms with Crippen molar-refractivity contribution in [3.63, 3.8) is 0 Å². The van der Waals surface area contributed by atoms with Gasteiger partial charge in [0.2, 0.25) is 5.95 Å². The Labute approximate surface area is 178 Å². The first-order valence-electron chi connectivity index (χ1n) is 11.1. The van der Waals surface area contributed by atoms with E-state index in [1.54, 1.807) is 6.07 Å². The third kappa shape index (κ3) is 5.26. The van der Waals surface area contributed by atoms with Gasteiger partial charge in [0.1, 0.15) is 5.82 Å². The van der Waals surface area contributed by atoms with Crippen molar-refractivity contribution in [3.05, 3.63) is 41.6 Å². The molecule has 7 nitrogen and oxygen atoms in total. The third-order valence-corrected chi connectivity index (χ3v) is 5.84. The molecule has 0 unspecified atom stereocenters. The average molecular weight is 406 g/mol. The van der Waals surface area contributed by atoms with Crippen LogP contribution in [0.2, 0.25) is 0 Å². The fourth-order valence-electron chi connectivity index (χ4n) is 4.31. The molecule has 2 aliphatic rings. The summed E-state index contributed by atoms with van der Waals surface area (Å²) >= 11 is 0. The van der Waals surface area contributed by atoms with Crippen molar-refractivity contribution < 1.29 is 0 Å². The van der Waals surface area contributed by atoms with Crippen molar-refractivity contribution >= 4 is 17.5 Å². The second-order valence-corrected chi connectivity index (χ2v) is 8.23. The quantitative estimate of drug-likeness (QED) is 0.652. The number of rotatable bonds is 7. The number of hydrogen-bond donors (Lipinski definition) is 3. The SMILES string of the molecule is CCCc1cc(N2CC[C@H](NC3CCNCC3)C2)nc(Nc2cccc(C#N)c2)n1. The minimum absolute atomic E-state index is 0.515. The van der Waals surface area contributed by atoms with Gasteiger partial charge >= 0.3 is 0 Å². The van der Waals surface area contributed by atoms with E-state index in [-0.39, 0.29) is 0 Å². The highest BCUT2D eigenvalue weighted by molar-refractivity contribution is 5.58. The Kier molecular flexibility index (Phi) is 6.77. The number of nitrogens with one attached hydrogen (secondary N) is 3. The molecule has 0 bridgehead atoms. The average Bonchev–Trinajstić information content (AvgIpc) is 3.23. The zero-order chi connectivity index (χ0) is 20.8. The maximum atomic E-state index is 9.15. The summed E-state index contributed by atoms with van der Waals surface area (Å²) in [6.07, 6.45) is 5.53. The summed E-state index contributed by atoms with van der Waals surface area (Å²) in [5.74, 6) is 1.59. The Bertz CT molecular complexity index is 885. The zero-order valence-electron chi connectivity index (χ0n) is 17.7. The first kappa shape index (κ1) is 20.6. The Morgan fingerprint density at radius 3 is 2.83 bits per heavy atom. The maximum Gasteiger partial charge on any atom is 0.229 e. The highest BCUT2D eigenvalue weighted by Crippen LogP contribution is 2.24. The predicted molar refractivity (Wildman–Crippen MR) is 120 cm³/mol. The zero-order valence-corrected chi connectivity index (χ0v) is 17.7. The molecule has 4 rings (SSSR count). The van der Waals surface area contributed by atoms with Gasteiger partial charge in [-0.05, 0) is 57.0 Å². The molecule has 0 radical (unpaired) electrons. The van der Waals surface area contributed by atoms with Crippen molar-refractivity contribution in [1.82, 2.24) is 20.6 Å². The fraction of sp³-hybridized carbons (Fsp3) is 0.522. The van der Waals surface area contributed by atoms with E-state index in [1.807, 2.05) is 18.2 Å². The third-order valence-electron chi connectivity index (χ3n) is 5.84. The van der Waals surface area contributed by atoms with Crippen LogP contribution in [0.15, 0.2) is 30.3 Å². The van der Waals surface area contributed by atoms with Gasteiger partial charge in [0, 0.05) is 42.6 Å². The van der Waals surface area contributed by atoms with Crippen LogP contribution < -0.4 is 20.9 Å². The van der Waals surface area contributed by atoms with Crippen LogP contribution in [0.5, 0.6) is 0 Å². The molecule has 2 aromatic rings. The van der Waals surface area contributed by atoms with Gasteiger partial charge in [-0.1, -0.05) is 19.4 Å². The predicted octanol–water partition coefficient (Wildman–Crippen LogP) is 2.96. The van der Waals surface area contributed by atoms with Gasteiger partial charge in [-0.2, -0.15) is 10.2 Å². The number of hydrogen-bond acceptors (Lipinski definition) is 7. The molecule has 2 fully saturated rings. The minimum atomic E-state index is 0.515. The van der Waals surface area contributed by atoms with Crippen molar-refractivity contribution in [2.24, 2.45) is 0 Å². The molecule has 3 N–H and O–H groups in total. The van der Waals surface area contributed by atoms with Gasteiger partial charge in [-0.3, -0.25) is 0 Å². The van der Waals surface area contributed by atoms with Gasteiger partial charge in [0.15, 0.2) is 0 Å². The van der Waals surface area contributed by atoms with E-state index in [2.05, 4.69) is 39.9 Å². The molecule has 0 saturated carbocycles. The first-order chi connectivity index (χ1) is 14.7. The van der Waals surface area contributed by atoms with Crippen LogP contribution in [0.25, 0.3) is 0 Å². The molecule has 158 valence electrons. The number of nitriles is 1. The number of piperidine rings is 1. The second-order valence-electron chi connectivity index (χ2n) is 8.23. The van der Waals surface area contributed by atoms with E-state index in [4.69, 9.17) is 15.2 Å². The number of benzene rings is 1. The topological polar surface area (TPSA) is 88.9 Å². The number of aryl methyl sites for hydroxylation is 1. The van der Waals surface area contributed by atoms with Gasteiger partial charge in [0.05, 0.1) is 11.6 Å². The number of nitrogens with zero attached hydrogens (tertiary/aromatic N) is 4. The van der Waals surface area contributed by atoms with E-state index >= 15 is 0 Å². The molecule has 0 aliphatic carbocycles. The van der Waals surface area contributed by atoms with Crippen LogP contribution in [0.3, 0.4) is 0 Å². The standard InChI is InChI=1S/C23H31N7/c1-2-4-19-14-22(29-23(27-19)28-20-6-3-5-17(13-20)15-24)30-12-9-21(16-30)26-18-7-10-25-11-8-18/h3,5-6,13-14,18,21,25-26H,2,4,7-12,16H2,1H3,(H,27,28,29)/t21-/m0/s1. The summed E-state index contributed by atoms with van der Waals surface area (Å²) < 4.78 is 0. The molecule has 7 heteroatoms. The summed E-state index contributed by atoms with van der Waals surface area (Å²) in [4.78, 5) is 11.9. The van der Waals surface area contributed by atoms with Gasteiger partial charge in [-0.25, -0.2) is 4.98 Å². The molecule has 2 saturated heterocycles. The molecule has 1 aromatic heterocycles. The Balaban J connectivity index is 1.47. The van der Waals surface area contributed by atoms with Crippen molar-refractivity contribution in [3.8, 4) is 6.07 Å². The molecule has 0 amide bonds. The summed E-state index contributed by atoms with van der Waals surface area (Å²) in [6, 6.07) is 12.9. The fourth-order valence-corrected chi connectivity index (χ4v) is 4.31. The lowest BCUT2D eigenvalue weighted by molar-refractivity contribution is 0.356. The van der Waals surface area contributed by atoms with Gasteiger partial charge in [-0.15, -0.1) is 0 Å². The molecule has 1 atom stereocenters. The van der Waals surface area contributed by atoms with Gasteiger partial charge in [0.25, 0.3) is 0 Å². The van der Waals surface area contributed by atoms with E-state index < -0.39 is 0 Å². The largest absolute Gasteiger partial charge is 0.355 e. The second kappa shape index (κ2) is 9.88. The highest BCUT2D eigenvalue weighted by atomic mass is 15.3. The first-order valence-corrected chi connectivity index (χ1v) is 11.1. The Morgan fingerprint density at radius 2 is 2.03 bits per heavy atom. The lowest BCUT2D eigenvalue weighted by atomic mass is 10.1. The number of aromatic nitrogens is 2. The van der Waals surface area contributed by atoms with Crippen molar-refractivity contribution in [2.45, 2.75) is 51.1 Å². The van der Waals surface area contributed by atoms with Gasteiger partial charge < -0.3 is 20.9 Å². The normalized spacial score (nSPS) is 19.6. The molecular weight excluding hydrogens is 374 g/mol. The summed E-state index contributed by atoms with van der Waals surface area (Å²) in [5.41, 5.74) is 2.51.